The quantitative estimate of drug-likeness (QED) is 0.753. The SMILES string of the molecule is c1ccc(C2CCN(C3COC3)CC2)cc1. The van der Waals surface area contributed by atoms with Crippen LogP contribution in [0.1, 0.15) is 24.3 Å². The average Bonchev–Trinajstić information content (AvgIpc) is 2.29. The van der Waals surface area contributed by atoms with E-state index in [1.54, 1.807) is 0 Å². The van der Waals surface area contributed by atoms with Crippen molar-refractivity contribution >= 4 is 0 Å². The molecule has 2 saturated heterocycles. The van der Waals surface area contributed by atoms with Gasteiger partial charge in [0, 0.05) is 0 Å². The molecule has 1 aromatic rings. The summed E-state index contributed by atoms with van der Waals surface area (Å²) in [5, 5.41) is 0. The van der Waals surface area contributed by atoms with E-state index < -0.39 is 0 Å². The lowest BCUT2D eigenvalue weighted by atomic mass is 9.89. The van der Waals surface area contributed by atoms with Crippen molar-refractivity contribution in [2.45, 2.75) is 24.8 Å². The molecule has 0 aromatic heterocycles. The molecule has 2 fully saturated rings. The Morgan fingerprint density at radius 3 is 2.25 bits per heavy atom. The Morgan fingerprint density at radius 2 is 1.69 bits per heavy atom. The molecule has 2 heterocycles. The van der Waals surface area contributed by atoms with Crippen LogP contribution in [0.5, 0.6) is 0 Å². The number of likely N-dealkylation sites (tertiary alicyclic amines) is 1. The zero-order chi connectivity index (χ0) is 10.8. The summed E-state index contributed by atoms with van der Waals surface area (Å²) in [6.45, 7) is 4.40. The van der Waals surface area contributed by atoms with E-state index in [0.717, 1.165) is 25.2 Å². The van der Waals surface area contributed by atoms with Crippen molar-refractivity contribution in [3.8, 4) is 0 Å². The Bertz CT molecular complexity index is 326. The van der Waals surface area contributed by atoms with Gasteiger partial charge >= 0.3 is 0 Å². The predicted molar refractivity (Wildman–Crippen MR) is 64.6 cm³/mol. The molecule has 16 heavy (non-hydrogen) atoms. The molecule has 2 nitrogen and oxygen atoms in total. The molecular formula is C14H19NO. The summed E-state index contributed by atoms with van der Waals surface area (Å²) >= 11 is 0. The van der Waals surface area contributed by atoms with Gasteiger partial charge in [0.1, 0.15) is 0 Å². The molecule has 0 unspecified atom stereocenters. The van der Waals surface area contributed by atoms with Crippen molar-refractivity contribution in [3.05, 3.63) is 35.9 Å². The van der Waals surface area contributed by atoms with Crippen molar-refractivity contribution in [1.82, 2.24) is 4.90 Å². The number of rotatable bonds is 2. The third-order valence-corrected chi connectivity index (χ3v) is 3.94. The standard InChI is InChI=1S/C14H19NO/c1-2-4-12(5-3-1)13-6-8-15(9-7-13)14-10-16-11-14/h1-5,13-14H,6-11H2. The van der Waals surface area contributed by atoms with Gasteiger partial charge in [-0.15, -0.1) is 0 Å². The van der Waals surface area contributed by atoms with Gasteiger partial charge in [0.05, 0.1) is 19.3 Å². The highest BCUT2D eigenvalue weighted by molar-refractivity contribution is 5.20. The minimum Gasteiger partial charge on any atom is -0.378 e. The fourth-order valence-corrected chi connectivity index (χ4v) is 2.76. The first-order valence-corrected chi connectivity index (χ1v) is 6.30. The molecule has 2 aliphatic heterocycles. The lowest BCUT2D eigenvalue weighted by molar-refractivity contribution is -0.0712. The second-order valence-corrected chi connectivity index (χ2v) is 4.91. The van der Waals surface area contributed by atoms with E-state index in [0.29, 0.717) is 0 Å². The number of benzene rings is 1. The van der Waals surface area contributed by atoms with Gasteiger partial charge in [-0.2, -0.15) is 0 Å². The van der Waals surface area contributed by atoms with E-state index in [-0.39, 0.29) is 0 Å². The van der Waals surface area contributed by atoms with Crippen LogP contribution in [0.3, 0.4) is 0 Å². The summed E-state index contributed by atoms with van der Waals surface area (Å²) in [6, 6.07) is 11.7. The van der Waals surface area contributed by atoms with Gasteiger partial charge in [-0.25, -0.2) is 0 Å². The van der Waals surface area contributed by atoms with Crippen molar-refractivity contribution < 1.29 is 4.74 Å². The molecule has 86 valence electrons. The molecular weight excluding hydrogens is 198 g/mol. The zero-order valence-electron chi connectivity index (χ0n) is 9.64. The highest BCUT2D eigenvalue weighted by Gasteiger charge is 2.29. The fourth-order valence-electron chi connectivity index (χ4n) is 2.76. The molecule has 0 spiro atoms. The molecule has 0 radical (unpaired) electrons. The van der Waals surface area contributed by atoms with E-state index in [2.05, 4.69) is 35.2 Å². The summed E-state index contributed by atoms with van der Waals surface area (Å²) in [7, 11) is 0. The van der Waals surface area contributed by atoms with Gasteiger partial charge in [0.2, 0.25) is 0 Å². The molecule has 0 saturated carbocycles. The Kier molecular flexibility index (Phi) is 2.94. The van der Waals surface area contributed by atoms with Crippen LogP contribution in [0, 0.1) is 0 Å². The Balaban J connectivity index is 1.58. The van der Waals surface area contributed by atoms with Crippen molar-refractivity contribution in [2.24, 2.45) is 0 Å². The molecule has 0 N–H and O–H groups in total. The summed E-state index contributed by atoms with van der Waals surface area (Å²) in [5.74, 6) is 0.776. The summed E-state index contributed by atoms with van der Waals surface area (Å²) < 4.78 is 5.26. The van der Waals surface area contributed by atoms with Crippen LogP contribution in [0.25, 0.3) is 0 Å². The van der Waals surface area contributed by atoms with Gasteiger partial charge in [-0.3, -0.25) is 4.90 Å². The molecule has 2 aliphatic rings. The van der Waals surface area contributed by atoms with Crippen LogP contribution in [0.4, 0.5) is 0 Å². The normalized spacial score (nSPS) is 24.2. The van der Waals surface area contributed by atoms with Crippen molar-refractivity contribution in [2.75, 3.05) is 26.3 Å². The Hall–Kier alpha value is -0.860. The molecule has 3 rings (SSSR count). The maximum atomic E-state index is 5.26. The molecule has 0 bridgehead atoms. The first kappa shape index (κ1) is 10.3. The smallest absolute Gasteiger partial charge is 0.0645 e. The second-order valence-electron chi connectivity index (χ2n) is 4.91. The van der Waals surface area contributed by atoms with Crippen LogP contribution < -0.4 is 0 Å². The lowest BCUT2D eigenvalue weighted by Crippen LogP contribution is -2.51. The van der Waals surface area contributed by atoms with E-state index >= 15 is 0 Å². The largest absolute Gasteiger partial charge is 0.378 e. The number of hydrogen-bond donors (Lipinski definition) is 0. The molecule has 0 atom stereocenters. The third-order valence-electron chi connectivity index (χ3n) is 3.94. The van der Waals surface area contributed by atoms with E-state index in [4.69, 9.17) is 4.74 Å². The minimum absolute atomic E-state index is 0.719. The molecule has 0 amide bonds. The van der Waals surface area contributed by atoms with Crippen molar-refractivity contribution in [1.29, 1.82) is 0 Å². The number of nitrogens with zero attached hydrogens (tertiary/aromatic N) is 1. The summed E-state index contributed by atoms with van der Waals surface area (Å²) in [4.78, 5) is 2.60. The van der Waals surface area contributed by atoms with E-state index in [1.165, 1.54) is 31.5 Å². The van der Waals surface area contributed by atoms with Gasteiger partial charge in [0.25, 0.3) is 0 Å². The van der Waals surface area contributed by atoms with Crippen LogP contribution >= 0.6 is 0 Å². The Morgan fingerprint density at radius 1 is 1.00 bits per heavy atom. The highest BCUT2D eigenvalue weighted by atomic mass is 16.5. The van der Waals surface area contributed by atoms with Crippen LogP contribution in [0.15, 0.2) is 30.3 Å². The molecule has 1 aromatic carbocycles. The zero-order valence-corrected chi connectivity index (χ0v) is 9.64. The summed E-state index contributed by atoms with van der Waals surface area (Å²) in [5.41, 5.74) is 1.52. The number of piperidine rings is 1. The monoisotopic (exact) mass is 217 g/mol. The second kappa shape index (κ2) is 4.56. The Labute approximate surface area is 97.2 Å². The molecule has 2 heteroatoms. The fraction of sp³-hybridized carbons (Fsp3) is 0.571. The maximum absolute atomic E-state index is 5.26. The minimum atomic E-state index is 0.719. The van der Waals surface area contributed by atoms with Crippen LogP contribution in [-0.2, 0) is 4.74 Å². The number of hydrogen-bond acceptors (Lipinski definition) is 2. The molecule has 0 aliphatic carbocycles. The van der Waals surface area contributed by atoms with Gasteiger partial charge < -0.3 is 4.74 Å². The van der Waals surface area contributed by atoms with E-state index in [9.17, 15) is 0 Å². The van der Waals surface area contributed by atoms with Crippen LogP contribution in [0.2, 0.25) is 0 Å². The van der Waals surface area contributed by atoms with Gasteiger partial charge in [0.15, 0.2) is 0 Å². The lowest BCUT2D eigenvalue weighted by Gasteiger charge is -2.41. The van der Waals surface area contributed by atoms with Gasteiger partial charge in [-0.05, 0) is 37.4 Å². The predicted octanol–water partition coefficient (Wildman–Crippen LogP) is 2.26. The maximum Gasteiger partial charge on any atom is 0.0645 e. The summed E-state index contributed by atoms with van der Waals surface area (Å²) in [6.07, 6.45) is 2.61. The topological polar surface area (TPSA) is 12.5 Å². The van der Waals surface area contributed by atoms with E-state index in [1.807, 2.05) is 0 Å². The highest BCUT2D eigenvalue weighted by Crippen LogP contribution is 2.29. The first-order valence-electron chi connectivity index (χ1n) is 6.30. The average molecular weight is 217 g/mol. The van der Waals surface area contributed by atoms with Crippen molar-refractivity contribution in [3.63, 3.8) is 0 Å². The first-order chi connectivity index (χ1) is 7.93. The number of ether oxygens (including phenoxy) is 1. The van der Waals surface area contributed by atoms with Crippen LogP contribution in [-0.4, -0.2) is 37.2 Å². The van der Waals surface area contributed by atoms with Gasteiger partial charge in [-0.1, -0.05) is 30.3 Å². The third kappa shape index (κ3) is 2.00.